The lowest BCUT2D eigenvalue weighted by Gasteiger charge is -2.17. The largest absolute Gasteiger partial charge is 0.392 e. The van der Waals surface area contributed by atoms with Gasteiger partial charge < -0.3 is 10.1 Å². The van der Waals surface area contributed by atoms with E-state index in [1.807, 2.05) is 4.98 Å². The Morgan fingerprint density at radius 3 is 2.53 bits per heavy atom. The minimum atomic E-state index is -4.02. The van der Waals surface area contributed by atoms with Crippen LogP contribution in [-0.4, -0.2) is 47.5 Å². The summed E-state index contributed by atoms with van der Waals surface area (Å²) >= 11 is 0. The third kappa shape index (κ3) is 3.02. The summed E-state index contributed by atoms with van der Waals surface area (Å²) in [5.74, 6) is 0. The van der Waals surface area contributed by atoms with Gasteiger partial charge >= 0.3 is 5.69 Å². The summed E-state index contributed by atoms with van der Waals surface area (Å²) < 4.78 is 24.6. The monoisotopic (exact) mass is 263 g/mol. The molecule has 0 aliphatic carbocycles. The first-order chi connectivity index (χ1) is 7.75. The first-order valence-corrected chi connectivity index (χ1v) is 6.15. The Labute approximate surface area is 97.0 Å². The van der Waals surface area contributed by atoms with E-state index in [-0.39, 0.29) is 6.54 Å². The molecule has 9 heteroatoms. The molecule has 3 N–H and O–H groups in total. The summed E-state index contributed by atoms with van der Waals surface area (Å²) in [4.78, 5) is 25.4. The molecule has 0 aliphatic rings. The normalized spacial score (nSPS) is 13.9. The van der Waals surface area contributed by atoms with E-state index in [0.29, 0.717) is 0 Å². The Morgan fingerprint density at radius 2 is 2.06 bits per heavy atom. The highest BCUT2D eigenvalue weighted by Crippen LogP contribution is 2.07. The zero-order chi connectivity index (χ0) is 13.2. The Kier molecular flexibility index (Phi) is 3.86. The molecule has 0 spiro atoms. The number of hydrogen-bond donors (Lipinski definition) is 3. The molecule has 8 nitrogen and oxygen atoms in total. The Bertz CT molecular complexity index is 600. The van der Waals surface area contributed by atoms with Crippen molar-refractivity contribution in [1.82, 2.24) is 14.3 Å². The van der Waals surface area contributed by atoms with E-state index >= 15 is 0 Å². The predicted molar refractivity (Wildman–Crippen MR) is 59.2 cm³/mol. The van der Waals surface area contributed by atoms with Gasteiger partial charge in [-0.25, -0.2) is 13.2 Å². The standard InChI is InChI=1S/C8H13N3O5S/c1-5(12)4-11(2)17(15,16)6-3-9-8(14)10-7(6)13/h3,5,12H,4H2,1-2H3,(H2,9,10,13,14). The van der Waals surface area contributed by atoms with Crippen LogP contribution in [0.4, 0.5) is 0 Å². The van der Waals surface area contributed by atoms with E-state index in [2.05, 4.69) is 4.98 Å². The van der Waals surface area contributed by atoms with Gasteiger partial charge in [-0.2, -0.15) is 4.31 Å². The van der Waals surface area contributed by atoms with Crippen molar-refractivity contribution in [3.63, 3.8) is 0 Å². The zero-order valence-corrected chi connectivity index (χ0v) is 10.1. The third-order valence-corrected chi connectivity index (χ3v) is 3.82. The number of sulfonamides is 1. The van der Waals surface area contributed by atoms with Gasteiger partial charge in [0.05, 0.1) is 6.10 Å². The van der Waals surface area contributed by atoms with Crippen LogP contribution in [0.5, 0.6) is 0 Å². The van der Waals surface area contributed by atoms with Crippen molar-refractivity contribution in [2.24, 2.45) is 0 Å². The fraction of sp³-hybridized carbons (Fsp3) is 0.500. The maximum Gasteiger partial charge on any atom is 0.325 e. The molecule has 0 aromatic carbocycles. The van der Waals surface area contributed by atoms with Crippen LogP contribution in [0.25, 0.3) is 0 Å². The summed E-state index contributed by atoms with van der Waals surface area (Å²) in [7, 11) is -2.79. The van der Waals surface area contributed by atoms with Crippen molar-refractivity contribution in [3.8, 4) is 0 Å². The molecule has 1 heterocycles. The average Bonchev–Trinajstić information content (AvgIpc) is 2.15. The van der Waals surface area contributed by atoms with Crippen LogP contribution in [0, 0.1) is 0 Å². The summed E-state index contributed by atoms with van der Waals surface area (Å²) in [6, 6.07) is 0. The molecule has 1 aromatic rings. The SMILES string of the molecule is CC(O)CN(C)S(=O)(=O)c1c[nH]c(=O)[nH]c1=O. The van der Waals surface area contributed by atoms with Crippen LogP contribution in [0.2, 0.25) is 0 Å². The minimum Gasteiger partial charge on any atom is -0.392 e. The quantitative estimate of drug-likeness (QED) is 0.583. The average molecular weight is 263 g/mol. The lowest BCUT2D eigenvalue weighted by molar-refractivity contribution is 0.171. The van der Waals surface area contributed by atoms with Crippen LogP contribution >= 0.6 is 0 Å². The van der Waals surface area contributed by atoms with Crippen LogP contribution in [-0.2, 0) is 10.0 Å². The smallest absolute Gasteiger partial charge is 0.325 e. The van der Waals surface area contributed by atoms with Gasteiger partial charge in [0.1, 0.15) is 0 Å². The molecule has 0 saturated heterocycles. The van der Waals surface area contributed by atoms with Crippen LogP contribution in [0.3, 0.4) is 0 Å². The van der Waals surface area contributed by atoms with Crippen LogP contribution in [0.15, 0.2) is 20.7 Å². The van der Waals surface area contributed by atoms with Crippen molar-refractivity contribution < 1.29 is 13.5 Å². The van der Waals surface area contributed by atoms with Gasteiger partial charge in [-0.15, -0.1) is 0 Å². The molecule has 0 fully saturated rings. The molecular weight excluding hydrogens is 250 g/mol. The summed E-state index contributed by atoms with van der Waals surface area (Å²) in [6.45, 7) is 1.27. The van der Waals surface area contributed by atoms with Gasteiger partial charge in [0, 0.05) is 19.8 Å². The number of likely N-dealkylation sites (N-methyl/N-ethyl adjacent to an activating group) is 1. The van der Waals surface area contributed by atoms with Gasteiger partial charge in [-0.3, -0.25) is 9.78 Å². The van der Waals surface area contributed by atoms with E-state index in [1.54, 1.807) is 0 Å². The molecule has 0 amide bonds. The number of aromatic nitrogens is 2. The first kappa shape index (κ1) is 13.6. The van der Waals surface area contributed by atoms with Crippen LogP contribution in [0.1, 0.15) is 6.92 Å². The highest BCUT2D eigenvalue weighted by atomic mass is 32.2. The second-order valence-electron chi connectivity index (χ2n) is 3.57. The zero-order valence-electron chi connectivity index (χ0n) is 9.30. The van der Waals surface area contributed by atoms with E-state index < -0.39 is 32.3 Å². The molecule has 1 unspecified atom stereocenters. The highest BCUT2D eigenvalue weighted by Gasteiger charge is 2.25. The molecule has 0 saturated carbocycles. The van der Waals surface area contributed by atoms with E-state index in [9.17, 15) is 18.0 Å². The number of aliphatic hydroxyl groups excluding tert-OH is 1. The number of nitrogens with zero attached hydrogens (tertiary/aromatic N) is 1. The van der Waals surface area contributed by atoms with E-state index in [0.717, 1.165) is 10.5 Å². The third-order valence-electron chi connectivity index (χ3n) is 1.99. The molecule has 1 atom stereocenters. The molecule has 96 valence electrons. The summed E-state index contributed by atoms with van der Waals surface area (Å²) in [5.41, 5.74) is -1.78. The number of H-pyrrole nitrogens is 2. The van der Waals surface area contributed by atoms with Gasteiger partial charge in [0.15, 0.2) is 4.90 Å². The van der Waals surface area contributed by atoms with Crippen molar-refractivity contribution in [3.05, 3.63) is 27.0 Å². The van der Waals surface area contributed by atoms with E-state index in [1.165, 1.54) is 14.0 Å². The molecule has 0 bridgehead atoms. The number of hydrogen-bond acceptors (Lipinski definition) is 5. The van der Waals surface area contributed by atoms with Gasteiger partial charge in [-0.05, 0) is 6.92 Å². The van der Waals surface area contributed by atoms with Gasteiger partial charge in [0.2, 0.25) is 10.0 Å². The Balaban J connectivity index is 3.22. The summed E-state index contributed by atoms with van der Waals surface area (Å²) in [6.07, 6.45) is -0.0358. The Hall–Kier alpha value is -1.45. The molecule has 0 aliphatic heterocycles. The number of nitrogens with one attached hydrogen (secondary N) is 2. The minimum absolute atomic E-state index is 0.152. The molecule has 0 radical (unpaired) electrons. The topological polar surface area (TPSA) is 123 Å². The van der Waals surface area contributed by atoms with Crippen molar-refractivity contribution in [1.29, 1.82) is 0 Å². The lowest BCUT2D eigenvalue weighted by Crippen LogP contribution is -2.37. The van der Waals surface area contributed by atoms with Gasteiger partial charge in [-0.1, -0.05) is 0 Å². The number of rotatable bonds is 4. The fourth-order valence-corrected chi connectivity index (χ4v) is 2.47. The summed E-state index contributed by atoms with van der Waals surface area (Å²) in [5, 5.41) is 9.10. The van der Waals surface area contributed by atoms with Crippen molar-refractivity contribution in [2.75, 3.05) is 13.6 Å². The Morgan fingerprint density at radius 1 is 1.47 bits per heavy atom. The van der Waals surface area contributed by atoms with Crippen LogP contribution < -0.4 is 11.2 Å². The van der Waals surface area contributed by atoms with Crippen molar-refractivity contribution in [2.45, 2.75) is 17.9 Å². The fourth-order valence-electron chi connectivity index (χ4n) is 1.23. The highest BCUT2D eigenvalue weighted by molar-refractivity contribution is 7.89. The van der Waals surface area contributed by atoms with E-state index in [4.69, 9.17) is 5.11 Å². The van der Waals surface area contributed by atoms with Crippen molar-refractivity contribution >= 4 is 10.0 Å². The predicted octanol–water partition coefficient (Wildman–Crippen LogP) is -1.94. The number of aliphatic hydroxyl groups is 1. The molecule has 1 rings (SSSR count). The second kappa shape index (κ2) is 4.82. The maximum absolute atomic E-state index is 11.9. The number of aromatic amines is 2. The molecular formula is C8H13N3O5S. The second-order valence-corrected chi connectivity index (χ2v) is 5.58. The van der Waals surface area contributed by atoms with Gasteiger partial charge in [0.25, 0.3) is 5.56 Å². The molecule has 17 heavy (non-hydrogen) atoms. The maximum atomic E-state index is 11.9. The lowest BCUT2D eigenvalue weighted by atomic mass is 10.4. The first-order valence-electron chi connectivity index (χ1n) is 4.71. The molecule has 1 aromatic heterocycles.